The summed E-state index contributed by atoms with van der Waals surface area (Å²) in [5, 5.41) is 2.77. The lowest BCUT2D eigenvalue weighted by Crippen LogP contribution is -2.28. The summed E-state index contributed by atoms with van der Waals surface area (Å²) in [4.78, 5) is 14.5. The number of benzene rings is 1. The van der Waals surface area contributed by atoms with Crippen LogP contribution in [-0.4, -0.2) is 22.0 Å². The first-order valence-corrected chi connectivity index (χ1v) is 7.14. The maximum absolute atomic E-state index is 13.9. The second-order valence-corrected chi connectivity index (χ2v) is 5.67. The molecule has 0 unspecified atom stereocenters. The van der Waals surface area contributed by atoms with E-state index in [2.05, 4.69) is 10.3 Å². The number of amides is 1. The molecule has 1 aromatic carbocycles. The Labute approximate surface area is 126 Å². The minimum absolute atomic E-state index is 0.0664. The molecule has 4 nitrogen and oxygen atoms in total. The summed E-state index contributed by atoms with van der Waals surface area (Å²) in [6.07, 6.45) is 0.157. The lowest BCUT2D eigenvalue weighted by atomic mass is 10.2. The summed E-state index contributed by atoms with van der Waals surface area (Å²) in [5.74, 6) is -1.68. The molecule has 1 aromatic heterocycles. The van der Waals surface area contributed by atoms with Gasteiger partial charge in [0.05, 0.1) is 5.52 Å². The first kappa shape index (κ1) is 15.6. The fraction of sp³-hybridized carbons (Fsp3) is 0.429. The number of nitrogens with zero attached hydrogens (tertiary/aromatic N) is 1. The van der Waals surface area contributed by atoms with Crippen LogP contribution in [0.25, 0.3) is 11.0 Å². The fourth-order valence-electron chi connectivity index (χ4n) is 2.02. The van der Waals surface area contributed by atoms with Crippen LogP contribution in [0.3, 0.4) is 0 Å². The van der Waals surface area contributed by atoms with E-state index in [9.17, 15) is 13.6 Å². The van der Waals surface area contributed by atoms with Crippen molar-refractivity contribution in [2.24, 2.45) is 5.92 Å². The van der Waals surface area contributed by atoms with Gasteiger partial charge in [0.15, 0.2) is 16.4 Å². The molecule has 2 N–H and O–H groups in total. The SMILES string of the molecule is CC(C)CNC(=O)CCn1c(=S)[nH]c2ccc(F)c(F)c21. The van der Waals surface area contributed by atoms with Crippen molar-refractivity contribution in [3.63, 3.8) is 0 Å². The Morgan fingerprint density at radius 3 is 2.81 bits per heavy atom. The zero-order valence-electron chi connectivity index (χ0n) is 11.9. The van der Waals surface area contributed by atoms with Gasteiger partial charge >= 0.3 is 0 Å². The molecule has 0 aliphatic carbocycles. The number of imidazole rings is 1. The largest absolute Gasteiger partial charge is 0.356 e. The zero-order valence-corrected chi connectivity index (χ0v) is 12.7. The molecule has 2 rings (SSSR count). The van der Waals surface area contributed by atoms with Crippen molar-refractivity contribution >= 4 is 29.2 Å². The van der Waals surface area contributed by atoms with E-state index in [1.807, 2.05) is 13.8 Å². The Morgan fingerprint density at radius 2 is 2.14 bits per heavy atom. The summed E-state index contributed by atoms with van der Waals surface area (Å²) >= 11 is 5.10. The van der Waals surface area contributed by atoms with E-state index < -0.39 is 11.6 Å². The van der Waals surface area contributed by atoms with Gasteiger partial charge in [-0.05, 0) is 30.3 Å². The van der Waals surface area contributed by atoms with Gasteiger partial charge in [0, 0.05) is 19.5 Å². The van der Waals surface area contributed by atoms with E-state index in [0.717, 1.165) is 6.07 Å². The van der Waals surface area contributed by atoms with Crippen molar-refractivity contribution in [2.75, 3.05) is 6.54 Å². The quantitative estimate of drug-likeness (QED) is 0.833. The number of H-pyrrole nitrogens is 1. The number of rotatable bonds is 5. The van der Waals surface area contributed by atoms with Crippen LogP contribution in [0.15, 0.2) is 12.1 Å². The van der Waals surface area contributed by atoms with Crippen LogP contribution in [0.5, 0.6) is 0 Å². The summed E-state index contributed by atoms with van der Waals surface area (Å²) in [5.41, 5.74) is 0.484. The molecule has 0 saturated carbocycles. The summed E-state index contributed by atoms with van der Waals surface area (Å²) in [7, 11) is 0. The van der Waals surface area contributed by atoms with Crippen LogP contribution in [0.4, 0.5) is 8.78 Å². The predicted molar refractivity (Wildman–Crippen MR) is 79.5 cm³/mol. The minimum Gasteiger partial charge on any atom is -0.356 e. The van der Waals surface area contributed by atoms with Crippen molar-refractivity contribution in [3.8, 4) is 0 Å². The number of carbonyl (C=O) groups excluding carboxylic acids is 1. The highest BCUT2D eigenvalue weighted by Crippen LogP contribution is 2.20. The highest BCUT2D eigenvalue weighted by Gasteiger charge is 2.14. The monoisotopic (exact) mass is 313 g/mol. The molecule has 0 atom stereocenters. The second kappa shape index (κ2) is 6.34. The van der Waals surface area contributed by atoms with Crippen LogP contribution in [0.1, 0.15) is 20.3 Å². The Balaban J connectivity index is 2.19. The topological polar surface area (TPSA) is 49.8 Å². The van der Waals surface area contributed by atoms with Gasteiger partial charge in [0.2, 0.25) is 5.91 Å². The summed E-state index contributed by atoms with van der Waals surface area (Å²) in [6.45, 7) is 4.77. The molecule has 7 heteroatoms. The van der Waals surface area contributed by atoms with Gasteiger partial charge in [-0.25, -0.2) is 8.78 Å². The Kier molecular flexibility index (Phi) is 4.72. The number of hydrogen-bond donors (Lipinski definition) is 2. The van der Waals surface area contributed by atoms with Gasteiger partial charge in [-0.3, -0.25) is 4.79 Å². The van der Waals surface area contributed by atoms with Gasteiger partial charge in [-0.2, -0.15) is 0 Å². The van der Waals surface area contributed by atoms with Crippen molar-refractivity contribution < 1.29 is 13.6 Å². The highest BCUT2D eigenvalue weighted by atomic mass is 32.1. The number of nitrogens with one attached hydrogen (secondary N) is 2. The minimum atomic E-state index is -0.956. The fourth-order valence-corrected chi connectivity index (χ4v) is 2.31. The van der Waals surface area contributed by atoms with Crippen LogP contribution >= 0.6 is 12.2 Å². The van der Waals surface area contributed by atoms with E-state index in [0.29, 0.717) is 18.0 Å². The van der Waals surface area contributed by atoms with Crippen molar-refractivity contribution in [2.45, 2.75) is 26.8 Å². The Hall–Kier alpha value is -1.76. The molecular weight excluding hydrogens is 296 g/mol. The van der Waals surface area contributed by atoms with Crippen molar-refractivity contribution in [3.05, 3.63) is 28.5 Å². The van der Waals surface area contributed by atoms with E-state index in [4.69, 9.17) is 12.2 Å². The third kappa shape index (κ3) is 3.47. The van der Waals surface area contributed by atoms with Gasteiger partial charge in [-0.15, -0.1) is 0 Å². The Morgan fingerprint density at radius 1 is 1.43 bits per heavy atom. The second-order valence-electron chi connectivity index (χ2n) is 5.29. The lowest BCUT2D eigenvalue weighted by molar-refractivity contribution is -0.121. The smallest absolute Gasteiger partial charge is 0.221 e. The number of fused-ring (bicyclic) bond motifs is 1. The van der Waals surface area contributed by atoms with Gasteiger partial charge < -0.3 is 14.9 Å². The van der Waals surface area contributed by atoms with Crippen LogP contribution < -0.4 is 5.32 Å². The van der Waals surface area contributed by atoms with Crippen molar-refractivity contribution in [1.82, 2.24) is 14.9 Å². The molecule has 2 aromatic rings. The number of carbonyl (C=O) groups is 1. The molecule has 0 aliphatic rings. The highest BCUT2D eigenvalue weighted by molar-refractivity contribution is 7.71. The van der Waals surface area contributed by atoms with Crippen LogP contribution in [-0.2, 0) is 11.3 Å². The molecule has 1 amide bonds. The molecule has 0 bridgehead atoms. The number of aromatic nitrogens is 2. The summed E-state index contributed by atoms with van der Waals surface area (Å²) < 4.78 is 28.9. The Bertz CT molecular complexity index is 721. The number of hydrogen-bond acceptors (Lipinski definition) is 2. The maximum atomic E-state index is 13.9. The van der Waals surface area contributed by atoms with E-state index in [-0.39, 0.29) is 29.2 Å². The molecule has 0 radical (unpaired) electrons. The van der Waals surface area contributed by atoms with Gasteiger partial charge in [0.1, 0.15) is 5.52 Å². The first-order chi connectivity index (χ1) is 9.90. The van der Waals surface area contributed by atoms with E-state index >= 15 is 0 Å². The predicted octanol–water partition coefficient (Wildman–Crippen LogP) is 3.14. The van der Waals surface area contributed by atoms with E-state index in [1.165, 1.54) is 10.6 Å². The number of aryl methyl sites for hydroxylation is 1. The number of halogens is 2. The number of aromatic amines is 1. The average Bonchev–Trinajstić information content (AvgIpc) is 2.75. The molecule has 0 spiro atoms. The molecule has 21 heavy (non-hydrogen) atoms. The third-order valence-electron chi connectivity index (χ3n) is 3.10. The van der Waals surface area contributed by atoms with Gasteiger partial charge in [-0.1, -0.05) is 13.8 Å². The zero-order chi connectivity index (χ0) is 15.6. The maximum Gasteiger partial charge on any atom is 0.221 e. The third-order valence-corrected chi connectivity index (χ3v) is 3.42. The molecule has 0 aliphatic heterocycles. The van der Waals surface area contributed by atoms with Crippen molar-refractivity contribution in [1.29, 1.82) is 0 Å². The van der Waals surface area contributed by atoms with E-state index in [1.54, 1.807) is 0 Å². The molecule has 114 valence electrons. The standard InChI is InChI=1S/C14H17F2N3OS/c1-8(2)7-17-11(20)5-6-19-13-10(18-14(19)21)4-3-9(15)12(13)16/h3-4,8H,5-7H2,1-2H3,(H,17,20)(H,18,21). The van der Waals surface area contributed by atoms with Gasteiger partial charge in [0.25, 0.3) is 0 Å². The molecule has 1 heterocycles. The lowest BCUT2D eigenvalue weighted by Gasteiger charge is -2.08. The molecule has 0 saturated heterocycles. The van der Waals surface area contributed by atoms with Crippen LogP contribution in [0.2, 0.25) is 0 Å². The molecular formula is C14H17F2N3OS. The molecule has 0 fully saturated rings. The summed E-state index contributed by atoms with van der Waals surface area (Å²) in [6, 6.07) is 2.47. The van der Waals surface area contributed by atoms with Crippen LogP contribution in [0, 0.1) is 22.3 Å². The normalized spacial score (nSPS) is 11.3. The first-order valence-electron chi connectivity index (χ1n) is 6.73. The average molecular weight is 313 g/mol.